The number of benzene rings is 2. The second kappa shape index (κ2) is 16.3. The van der Waals surface area contributed by atoms with Crippen LogP contribution in [0, 0.1) is 11.7 Å². The molecule has 1 saturated carbocycles. The molecular weight excluding hydrogens is 715 g/mol. The quantitative estimate of drug-likeness (QED) is 0.238. The maximum Gasteiger partial charge on any atom is 0.308 e. The topological polar surface area (TPSA) is 139 Å². The Morgan fingerprint density at radius 1 is 0.981 bits per heavy atom. The largest absolute Gasteiger partial charge is 0.466 e. The van der Waals surface area contributed by atoms with Crippen LogP contribution in [0.4, 0.5) is 10.1 Å². The van der Waals surface area contributed by atoms with E-state index in [1.54, 1.807) is 31.2 Å². The molecule has 6 rings (SSSR count). The number of fused-ring (bicyclic) bond motifs is 1. The van der Waals surface area contributed by atoms with E-state index < -0.39 is 33.4 Å². The number of sulfonamides is 1. The molecule has 15 heteroatoms. The van der Waals surface area contributed by atoms with Crippen molar-refractivity contribution in [3.63, 3.8) is 0 Å². The van der Waals surface area contributed by atoms with E-state index in [0.29, 0.717) is 75.9 Å². The molecule has 1 unspecified atom stereocenters. The van der Waals surface area contributed by atoms with Crippen LogP contribution >= 0.6 is 11.6 Å². The predicted octanol–water partition coefficient (Wildman–Crippen LogP) is 5.44. The monoisotopic (exact) mass is 760 g/mol. The third-order valence-corrected chi connectivity index (χ3v) is 12.0. The number of ketones is 1. The zero-order chi connectivity index (χ0) is 37.0. The Morgan fingerprint density at radius 2 is 1.67 bits per heavy atom. The number of furan rings is 1. The van der Waals surface area contributed by atoms with Crippen LogP contribution in [0.2, 0.25) is 5.02 Å². The molecule has 12 nitrogen and oxygen atoms in total. The van der Waals surface area contributed by atoms with Crippen molar-refractivity contribution < 1.29 is 41.1 Å². The molecule has 2 aliphatic heterocycles. The number of nitrogens with zero attached hydrogens (tertiary/aromatic N) is 3. The van der Waals surface area contributed by atoms with Crippen molar-refractivity contribution in [2.24, 2.45) is 5.92 Å². The summed E-state index contributed by atoms with van der Waals surface area (Å²) in [7, 11) is -3.48. The van der Waals surface area contributed by atoms with Crippen molar-refractivity contribution in [1.29, 1.82) is 0 Å². The van der Waals surface area contributed by atoms with E-state index in [1.165, 1.54) is 22.9 Å². The van der Waals surface area contributed by atoms with Crippen LogP contribution in [0.15, 0.2) is 47.1 Å². The Morgan fingerprint density at radius 3 is 2.38 bits per heavy atom. The molecule has 2 saturated heterocycles. The second-order valence-corrected chi connectivity index (χ2v) is 16.2. The maximum absolute atomic E-state index is 16.0. The predicted molar refractivity (Wildman–Crippen MR) is 194 cm³/mol. The Bertz CT molecular complexity index is 1890. The lowest BCUT2D eigenvalue weighted by atomic mass is 9.87. The Balaban J connectivity index is 1.29. The number of hydrogen-bond acceptors (Lipinski definition) is 10. The number of hydrogen-bond donors (Lipinski definition) is 1. The lowest BCUT2D eigenvalue weighted by molar-refractivity contribution is -0.255. The van der Waals surface area contributed by atoms with Crippen molar-refractivity contribution in [3.8, 4) is 0 Å². The number of anilines is 1. The van der Waals surface area contributed by atoms with Crippen LogP contribution in [-0.2, 0) is 35.5 Å². The summed E-state index contributed by atoms with van der Waals surface area (Å²) < 4.78 is 60.2. The normalized spacial score (nSPS) is 22.2. The van der Waals surface area contributed by atoms with Gasteiger partial charge in [-0.15, -0.1) is 0 Å². The number of halogens is 2. The lowest BCUT2D eigenvalue weighted by Gasteiger charge is -2.49. The van der Waals surface area contributed by atoms with Gasteiger partial charge in [0, 0.05) is 51.1 Å². The first-order valence-corrected chi connectivity index (χ1v) is 20.2. The zero-order valence-corrected chi connectivity index (χ0v) is 31.1. The first-order valence-electron chi connectivity index (χ1n) is 18.0. The van der Waals surface area contributed by atoms with Gasteiger partial charge in [-0.05, 0) is 75.6 Å². The highest BCUT2D eigenvalue weighted by atomic mass is 35.5. The number of ether oxygens (including phenoxy) is 2. The van der Waals surface area contributed by atoms with Gasteiger partial charge in [0.15, 0.2) is 5.78 Å². The number of esters is 1. The van der Waals surface area contributed by atoms with Gasteiger partial charge >= 0.3 is 5.97 Å². The third-order valence-electron chi connectivity index (χ3n) is 10.3. The van der Waals surface area contributed by atoms with Crippen LogP contribution in [0.25, 0.3) is 11.0 Å². The van der Waals surface area contributed by atoms with E-state index >= 15 is 4.39 Å². The van der Waals surface area contributed by atoms with Gasteiger partial charge in [0.2, 0.25) is 15.9 Å². The van der Waals surface area contributed by atoms with Gasteiger partial charge in [-0.1, -0.05) is 29.8 Å². The number of rotatable bonds is 12. The van der Waals surface area contributed by atoms with Gasteiger partial charge in [-0.3, -0.25) is 24.2 Å². The molecule has 3 heterocycles. The molecular formula is C37H46ClFN4O8S. The molecule has 1 amide bonds. The van der Waals surface area contributed by atoms with Gasteiger partial charge in [-0.25, -0.2) is 17.1 Å². The van der Waals surface area contributed by atoms with Crippen molar-refractivity contribution >= 4 is 55.9 Å². The average Bonchev–Trinajstić information content (AvgIpc) is 3.74. The number of likely N-dealkylation sites (tertiary alicyclic amines) is 1. The molecule has 1 atom stereocenters. The number of amides is 1. The summed E-state index contributed by atoms with van der Waals surface area (Å²) >= 11 is 6.63. The van der Waals surface area contributed by atoms with E-state index in [2.05, 4.69) is 5.32 Å². The van der Waals surface area contributed by atoms with Gasteiger partial charge in [0.05, 0.1) is 41.2 Å². The average molecular weight is 761 g/mol. The van der Waals surface area contributed by atoms with Crippen molar-refractivity contribution in [3.05, 3.63) is 64.6 Å². The molecule has 52 heavy (non-hydrogen) atoms. The van der Waals surface area contributed by atoms with Gasteiger partial charge in [0.25, 0.3) is 5.91 Å². The minimum absolute atomic E-state index is 0.0348. The minimum Gasteiger partial charge on any atom is -0.466 e. The van der Waals surface area contributed by atoms with Crippen LogP contribution in [-0.4, -0.2) is 104 Å². The lowest BCUT2D eigenvalue weighted by Crippen LogP contribution is -2.68. The van der Waals surface area contributed by atoms with E-state index in [0.717, 1.165) is 18.9 Å². The van der Waals surface area contributed by atoms with Gasteiger partial charge in [0.1, 0.15) is 17.7 Å². The highest BCUT2D eigenvalue weighted by Gasteiger charge is 2.53. The smallest absolute Gasteiger partial charge is 0.308 e. The molecule has 2 aromatic carbocycles. The maximum atomic E-state index is 16.0. The van der Waals surface area contributed by atoms with E-state index in [9.17, 15) is 22.8 Å². The number of nitrogens with one attached hydrogen (secondary N) is 1. The Kier molecular flexibility index (Phi) is 12.0. The zero-order valence-electron chi connectivity index (χ0n) is 29.6. The van der Waals surface area contributed by atoms with E-state index in [-0.39, 0.29) is 59.3 Å². The molecule has 3 fully saturated rings. The highest BCUT2D eigenvalue weighted by molar-refractivity contribution is 7.88. The summed E-state index contributed by atoms with van der Waals surface area (Å²) in [5.41, 5.74) is 0.872. The molecule has 3 aromatic rings. The van der Waals surface area contributed by atoms with Crippen LogP contribution in [0.3, 0.4) is 0 Å². The number of carbonyl (C=O) groups excluding carboxylic acids is 3. The molecule has 0 bridgehead atoms. The first-order chi connectivity index (χ1) is 24.9. The number of Topliss-reactive ketones (excluding diaryl/α,β-unsaturated/α-hetero) is 1. The molecule has 1 aliphatic carbocycles. The summed E-state index contributed by atoms with van der Waals surface area (Å²) in [4.78, 5) is 44.5. The van der Waals surface area contributed by atoms with Crippen molar-refractivity contribution in [1.82, 2.24) is 14.1 Å². The van der Waals surface area contributed by atoms with Gasteiger partial charge < -0.3 is 19.2 Å². The molecule has 1 aromatic heterocycles. The van der Waals surface area contributed by atoms with Crippen LogP contribution < -0.4 is 5.32 Å². The third kappa shape index (κ3) is 8.22. The Labute approximate surface area is 308 Å². The fourth-order valence-electron chi connectivity index (χ4n) is 7.68. The second-order valence-electron chi connectivity index (χ2n) is 13.8. The molecule has 0 radical (unpaired) electrons. The molecule has 3 aliphatic rings. The highest BCUT2D eigenvalue weighted by Crippen LogP contribution is 2.37. The fraction of sp³-hybridized carbons (Fsp3) is 0.541. The van der Waals surface area contributed by atoms with Crippen LogP contribution in [0.5, 0.6) is 0 Å². The summed E-state index contributed by atoms with van der Waals surface area (Å²) in [6.07, 6.45) is 6.02. The first kappa shape index (κ1) is 38.3. The number of carbonyl (C=O) groups is 3. The fourth-order valence-corrected chi connectivity index (χ4v) is 8.78. The van der Waals surface area contributed by atoms with E-state index in [1.807, 2.05) is 9.80 Å². The Hall–Kier alpha value is -3.40. The summed E-state index contributed by atoms with van der Waals surface area (Å²) in [6, 6.07) is 9.51. The minimum atomic E-state index is -3.48. The molecule has 0 spiro atoms. The van der Waals surface area contributed by atoms with Crippen molar-refractivity contribution in [2.75, 3.05) is 57.4 Å². The summed E-state index contributed by atoms with van der Waals surface area (Å²) in [5.74, 6) is -3.75. The van der Waals surface area contributed by atoms with Gasteiger partial charge in [-0.2, -0.15) is 0 Å². The van der Waals surface area contributed by atoms with Crippen molar-refractivity contribution in [2.45, 2.75) is 70.2 Å². The van der Waals surface area contributed by atoms with Crippen LogP contribution in [0.1, 0.15) is 67.8 Å². The molecule has 282 valence electrons. The summed E-state index contributed by atoms with van der Waals surface area (Å²) in [6.45, 7) is 4.28. The summed E-state index contributed by atoms with van der Waals surface area (Å²) in [5, 5.41) is 3.31. The van der Waals surface area contributed by atoms with E-state index in [4.69, 9.17) is 25.5 Å². The SMILES string of the molecule is CCOC(=O)[C@H]1CC[C@H](OC(C(=O)Cc2cc(Cl)c(NC(=O)c3coc4ccccc34)cc2F)(N2CCCC2)N2CCCN(S(C)(=O)=O)CC2)CC1. The standard InChI is InChI=1S/C37H46ClFN4O8S/c1-3-49-36(46)25-11-13-27(14-12-25)51-37(41-15-6-7-16-41,42-17-8-18-43(20-19-42)52(2,47)48)34(44)22-26-21-30(38)32(23-31(26)39)40-35(45)29-24-50-33-10-5-4-9-28(29)33/h4-5,9-10,21,23-25,27H,3,6-8,11-20,22H2,1-2H3,(H,40,45)/t25-,27-,37?. The number of para-hydroxylation sites is 1. The molecule has 1 N–H and O–H groups in total.